The van der Waals surface area contributed by atoms with Crippen molar-refractivity contribution < 1.29 is 13.9 Å². The summed E-state index contributed by atoms with van der Waals surface area (Å²) in [7, 11) is 0. The lowest BCUT2D eigenvalue weighted by atomic mass is 10.2. The molecule has 0 fully saturated rings. The third-order valence-electron chi connectivity index (χ3n) is 2.42. The highest BCUT2D eigenvalue weighted by atomic mass is 16.5. The van der Waals surface area contributed by atoms with Gasteiger partial charge in [-0.3, -0.25) is 4.79 Å². The largest absolute Gasteiger partial charge is 0.461 e. The highest BCUT2D eigenvalue weighted by Gasteiger charge is 2.07. The zero-order valence-electron chi connectivity index (χ0n) is 9.91. The van der Waals surface area contributed by atoms with Crippen LogP contribution in [0.15, 0.2) is 22.8 Å². The number of ketones is 1. The van der Waals surface area contributed by atoms with Crippen LogP contribution in [0, 0.1) is 0 Å². The van der Waals surface area contributed by atoms with Crippen molar-refractivity contribution in [1.29, 1.82) is 0 Å². The quantitative estimate of drug-likeness (QED) is 0.476. The predicted molar refractivity (Wildman–Crippen MR) is 62.6 cm³/mol. The van der Waals surface area contributed by atoms with Gasteiger partial charge in [0.15, 0.2) is 5.76 Å². The van der Waals surface area contributed by atoms with E-state index in [-0.39, 0.29) is 12.4 Å². The molecule has 0 atom stereocenters. The molecule has 0 saturated heterocycles. The van der Waals surface area contributed by atoms with Crippen molar-refractivity contribution >= 4 is 5.78 Å². The van der Waals surface area contributed by atoms with Gasteiger partial charge in [0, 0.05) is 6.61 Å². The number of furan rings is 1. The first-order valence-electron chi connectivity index (χ1n) is 5.99. The molecule has 0 saturated carbocycles. The van der Waals surface area contributed by atoms with E-state index in [2.05, 4.69) is 6.92 Å². The van der Waals surface area contributed by atoms with Gasteiger partial charge in [0.1, 0.15) is 6.61 Å². The number of hydrogen-bond donors (Lipinski definition) is 0. The van der Waals surface area contributed by atoms with Crippen LogP contribution in [-0.2, 0) is 4.74 Å². The fourth-order valence-corrected chi connectivity index (χ4v) is 1.48. The molecular formula is C13H20O3. The van der Waals surface area contributed by atoms with Crippen molar-refractivity contribution in [3.8, 4) is 0 Å². The Hall–Kier alpha value is -1.09. The van der Waals surface area contributed by atoms with Crippen molar-refractivity contribution in [1.82, 2.24) is 0 Å². The maximum absolute atomic E-state index is 11.4. The second kappa shape index (κ2) is 8.11. The molecule has 3 nitrogen and oxygen atoms in total. The summed E-state index contributed by atoms with van der Waals surface area (Å²) < 4.78 is 10.3. The molecule has 0 aromatic carbocycles. The van der Waals surface area contributed by atoms with Gasteiger partial charge in [0.25, 0.3) is 0 Å². The van der Waals surface area contributed by atoms with Gasteiger partial charge >= 0.3 is 0 Å². The van der Waals surface area contributed by atoms with Gasteiger partial charge in [-0.25, -0.2) is 0 Å². The average molecular weight is 224 g/mol. The third-order valence-corrected chi connectivity index (χ3v) is 2.42. The molecule has 0 aliphatic heterocycles. The van der Waals surface area contributed by atoms with Crippen LogP contribution in [-0.4, -0.2) is 19.0 Å². The smallest absolute Gasteiger partial charge is 0.223 e. The molecule has 1 aromatic heterocycles. The lowest BCUT2D eigenvalue weighted by Crippen LogP contribution is -2.08. The van der Waals surface area contributed by atoms with Gasteiger partial charge in [-0.1, -0.05) is 32.6 Å². The number of ether oxygens (including phenoxy) is 1. The summed E-state index contributed by atoms with van der Waals surface area (Å²) in [5, 5.41) is 0. The van der Waals surface area contributed by atoms with Crippen molar-refractivity contribution in [2.24, 2.45) is 0 Å². The molecule has 3 heteroatoms. The minimum absolute atomic E-state index is 0.0847. The van der Waals surface area contributed by atoms with Crippen LogP contribution >= 0.6 is 0 Å². The van der Waals surface area contributed by atoms with E-state index in [9.17, 15) is 4.79 Å². The van der Waals surface area contributed by atoms with Crippen LogP contribution in [0.3, 0.4) is 0 Å². The maximum atomic E-state index is 11.4. The van der Waals surface area contributed by atoms with E-state index in [0.29, 0.717) is 12.4 Å². The summed E-state index contributed by atoms with van der Waals surface area (Å²) in [5.74, 6) is 0.296. The van der Waals surface area contributed by atoms with Crippen LogP contribution in [0.5, 0.6) is 0 Å². The van der Waals surface area contributed by atoms with Gasteiger partial charge in [-0.15, -0.1) is 0 Å². The summed E-state index contributed by atoms with van der Waals surface area (Å²) in [5.41, 5.74) is 0. The Bertz CT molecular complexity index is 277. The SMILES string of the molecule is CCCCCCCOCC(=O)c1ccco1. The van der Waals surface area contributed by atoms with E-state index < -0.39 is 0 Å². The van der Waals surface area contributed by atoms with E-state index in [0.717, 1.165) is 6.42 Å². The second-order valence-corrected chi connectivity index (χ2v) is 3.87. The number of hydrogen-bond acceptors (Lipinski definition) is 3. The summed E-state index contributed by atoms with van der Waals surface area (Å²) in [6.45, 7) is 2.98. The molecule has 1 heterocycles. The molecule has 0 aliphatic carbocycles. The average Bonchev–Trinajstić information content (AvgIpc) is 2.81. The molecule has 1 aromatic rings. The van der Waals surface area contributed by atoms with Gasteiger partial charge in [-0.05, 0) is 18.6 Å². The fourth-order valence-electron chi connectivity index (χ4n) is 1.48. The van der Waals surface area contributed by atoms with Crippen molar-refractivity contribution in [2.75, 3.05) is 13.2 Å². The zero-order chi connectivity index (χ0) is 11.6. The van der Waals surface area contributed by atoms with E-state index >= 15 is 0 Å². The predicted octanol–water partition coefficient (Wildman–Crippen LogP) is 3.45. The standard InChI is InChI=1S/C13H20O3/c1-2-3-4-5-6-9-15-11-12(14)13-8-7-10-16-13/h7-8,10H,2-6,9,11H2,1H3. The summed E-state index contributed by atoms with van der Waals surface area (Å²) in [6.07, 6.45) is 7.50. The number of Topliss-reactive ketones (excluding diaryl/α,β-unsaturated/α-hetero) is 1. The first-order chi connectivity index (χ1) is 7.84. The lowest BCUT2D eigenvalue weighted by molar-refractivity contribution is 0.0725. The first kappa shape index (κ1) is 13.0. The Kier molecular flexibility index (Phi) is 6.58. The Morgan fingerprint density at radius 1 is 1.31 bits per heavy atom. The van der Waals surface area contributed by atoms with Crippen molar-refractivity contribution in [3.05, 3.63) is 24.2 Å². The van der Waals surface area contributed by atoms with Crippen LogP contribution in [0.4, 0.5) is 0 Å². The summed E-state index contributed by atoms with van der Waals surface area (Å²) in [6, 6.07) is 3.37. The molecule has 0 spiro atoms. The highest BCUT2D eigenvalue weighted by Crippen LogP contribution is 2.04. The van der Waals surface area contributed by atoms with Crippen LogP contribution in [0.25, 0.3) is 0 Å². The van der Waals surface area contributed by atoms with E-state index in [1.54, 1.807) is 12.1 Å². The number of rotatable bonds is 9. The molecule has 16 heavy (non-hydrogen) atoms. The molecule has 0 N–H and O–H groups in total. The van der Waals surface area contributed by atoms with Crippen LogP contribution in [0.1, 0.15) is 49.6 Å². The minimum atomic E-state index is -0.0847. The van der Waals surface area contributed by atoms with E-state index in [1.165, 1.54) is 31.9 Å². The highest BCUT2D eigenvalue weighted by molar-refractivity contribution is 5.94. The number of carbonyl (C=O) groups excluding carboxylic acids is 1. The first-order valence-corrected chi connectivity index (χ1v) is 5.99. The maximum Gasteiger partial charge on any atom is 0.223 e. The van der Waals surface area contributed by atoms with Crippen molar-refractivity contribution in [3.63, 3.8) is 0 Å². The van der Waals surface area contributed by atoms with Crippen molar-refractivity contribution in [2.45, 2.75) is 39.0 Å². The minimum Gasteiger partial charge on any atom is -0.461 e. The molecule has 90 valence electrons. The Labute approximate surface area is 96.8 Å². The van der Waals surface area contributed by atoms with Gasteiger partial charge in [0.2, 0.25) is 5.78 Å². The monoisotopic (exact) mass is 224 g/mol. The van der Waals surface area contributed by atoms with E-state index in [1.807, 2.05) is 0 Å². The number of carbonyl (C=O) groups is 1. The number of unbranched alkanes of at least 4 members (excludes halogenated alkanes) is 4. The van der Waals surface area contributed by atoms with E-state index in [4.69, 9.17) is 9.15 Å². The lowest BCUT2D eigenvalue weighted by Gasteiger charge is -2.02. The molecular weight excluding hydrogens is 204 g/mol. The molecule has 0 radical (unpaired) electrons. The van der Waals surface area contributed by atoms with Gasteiger partial charge in [0.05, 0.1) is 6.26 Å². The molecule has 0 amide bonds. The zero-order valence-corrected chi connectivity index (χ0v) is 9.91. The Morgan fingerprint density at radius 2 is 2.12 bits per heavy atom. The van der Waals surface area contributed by atoms with Crippen LogP contribution in [0.2, 0.25) is 0 Å². The van der Waals surface area contributed by atoms with Gasteiger partial charge < -0.3 is 9.15 Å². The van der Waals surface area contributed by atoms with Crippen LogP contribution < -0.4 is 0 Å². The summed E-state index contributed by atoms with van der Waals surface area (Å²) in [4.78, 5) is 11.4. The summed E-state index contributed by atoms with van der Waals surface area (Å²) >= 11 is 0. The molecule has 0 bridgehead atoms. The normalized spacial score (nSPS) is 10.6. The third kappa shape index (κ3) is 5.12. The Balaban J connectivity index is 1.97. The molecule has 1 rings (SSSR count). The van der Waals surface area contributed by atoms with Gasteiger partial charge in [-0.2, -0.15) is 0 Å². The topological polar surface area (TPSA) is 39.4 Å². The molecule has 0 unspecified atom stereocenters. The second-order valence-electron chi connectivity index (χ2n) is 3.87. The fraction of sp³-hybridized carbons (Fsp3) is 0.615. The molecule has 0 aliphatic rings. The Morgan fingerprint density at radius 3 is 2.81 bits per heavy atom.